The van der Waals surface area contributed by atoms with Crippen LogP contribution in [0.1, 0.15) is 31.4 Å². The second-order valence-corrected chi connectivity index (χ2v) is 11.0. The third-order valence-corrected chi connectivity index (χ3v) is 8.11. The highest BCUT2D eigenvalue weighted by molar-refractivity contribution is 7.89. The van der Waals surface area contributed by atoms with Crippen molar-refractivity contribution in [3.8, 4) is 22.6 Å². The number of nitro groups is 1. The number of nitrogens with zero attached hydrogens (tertiary/aromatic N) is 5. The molecule has 2 aromatic heterocycles. The van der Waals surface area contributed by atoms with Crippen LogP contribution in [0.3, 0.4) is 0 Å². The summed E-state index contributed by atoms with van der Waals surface area (Å²) < 4.78 is 38.5. The summed E-state index contributed by atoms with van der Waals surface area (Å²) in [6.45, 7) is -0.0574. The Balaban J connectivity index is 1.41. The number of aromatic nitrogens is 4. The van der Waals surface area contributed by atoms with Gasteiger partial charge < -0.3 is 9.30 Å². The lowest BCUT2D eigenvalue weighted by molar-refractivity contribution is -0.384. The van der Waals surface area contributed by atoms with Gasteiger partial charge in [-0.3, -0.25) is 14.9 Å². The highest BCUT2D eigenvalue weighted by atomic mass is 32.2. The number of non-ortho nitro benzene ring substituents is 1. The fourth-order valence-electron chi connectivity index (χ4n) is 4.48. The van der Waals surface area contributed by atoms with E-state index in [0.29, 0.717) is 22.5 Å². The number of rotatable bonds is 9. The van der Waals surface area contributed by atoms with E-state index in [-0.39, 0.29) is 34.5 Å². The lowest BCUT2D eigenvalue weighted by atomic mass is 10.1. The van der Waals surface area contributed by atoms with Crippen molar-refractivity contribution in [2.24, 2.45) is 7.05 Å². The van der Waals surface area contributed by atoms with Crippen LogP contribution in [0.5, 0.6) is 5.75 Å². The number of hydrogen-bond acceptors (Lipinski definition) is 8. The van der Waals surface area contributed by atoms with Gasteiger partial charge in [0.15, 0.2) is 0 Å². The summed E-state index contributed by atoms with van der Waals surface area (Å²) in [4.78, 5) is 22.2. The van der Waals surface area contributed by atoms with Crippen molar-refractivity contribution < 1.29 is 18.1 Å². The third kappa shape index (κ3) is 5.89. The second kappa shape index (κ2) is 10.8. The van der Waals surface area contributed by atoms with Gasteiger partial charge in [0.05, 0.1) is 16.8 Å². The quantitative estimate of drug-likeness (QED) is 0.246. The minimum absolute atomic E-state index is 0.0106. The molecular formula is C26H26N6O6S. The molecule has 39 heavy (non-hydrogen) atoms. The van der Waals surface area contributed by atoms with Gasteiger partial charge in [0, 0.05) is 37.5 Å². The summed E-state index contributed by atoms with van der Waals surface area (Å²) in [6.07, 6.45) is 6.75. The molecular weight excluding hydrogens is 524 g/mol. The molecule has 0 saturated heterocycles. The van der Waals surface area contributed by atoms with E-state index in [4.69, 9.17) is 4.74 Å². The molecule has 1 aliphatic rings. The van der Waals surface area contributed by atoms with E-state index in [1.54, 1.807) is 55.8 Å². The highest BCUT2D eigenvalue weighted by Crippen LogP contribution is 2.31. The molecule has 13 heteroatoms. The molecule has 0 aliphatic heterocycles. The molecule has 1 fully saturated rings. The third-order valence-electron chi connectivity index (χ3n) is 6.57. The van der Waals surface area contributed by atoms with Crippen molar-refractivity contribution >= 4 is 15.7 Å². The molecule has 0 unspecified atom stereocenters. The van der Waals surface area contributed by atoms with Crippen LogP contribution < -0.4 is 15.0 Å². The zero-order chi connectivity index (χ0) is 27.6. The fourth-order valence-corrected chi connectivity index (χ4v) is 5.95. The Hall–Kier alpha value is -4.36. The summed E-state index contributed by atoms with van der Waals surface area (Å²) >= 11 is 0. The molecule has 1 aliphatic carbocycles. The minimum Gasteiger partial charge on any atom is -0.486 e. The van der Waals surface area contributed by atoms with Crippen molar-refractivity contribution in [3.63, 3.8) is 0 Å². The van der Waals surface area contributed by atoms with E-state index in [1.165, 1.54) is 27.4 Å². The molecule has 1 saturated carbocycles. The van der Waals surface area contributed by atoms with Crippen molar-refractivity contribution in [3.05, 3.63) is 93.2 Å². The Labute approximate surface area is 224 Å². The van der Waals surface area contributed by atoms with Gasteiger partial charge in [0.2, 0.25) is 15.6 Å². The summed E-state index contributed by atoms with van der Waals surface area (Å²) in [6, 6.07) is 13.6. The summed E-state index contributed by atoms with van der Waals surface area (Å²) in [5, 5.41) is 19.0. The topological polar surface area (TPSA) is 151 Å². The van der Waals surface area contributed by atoms with Crippen molar-refractivity contribution in [1.29, 1.82) is 0 Å². The van der Waals surface area contributed by atoms with Crippen molar-refractivity contribution in [2.75, 3.05) is 0 Å². The van der Waals surface area contributed by atoms with Gasteiger partial charge in [0.25, 0.3) is 5.69 Å². The molecule has 0 bridgehead atoms. The number of pyridine rings is 1. The summed E-state index contributed by atoms with van der Waals surface area (Å²) in [5.74, 6) is 0.152. The van der Waals surface area contributed by atoms with Crippen LogP contribution in [0.4, 0.5) is 5.69 Å². The van der Waals surface area contributed by atoms with Crippen LogP contribution in [-0.4, -0.2) is 38.9 Å². The predicted octanol–water partition coefficient (Wildman–Crippen LogP) is 3.34. The van der Waals surface area contributed by atoms with Gasteiger partial charge in [-0.1, -0.05) is 24.1 Å². The molecule has 0 amide bonds. The molecule has 0 spiro atoms. The van der Waals surface area contributed by atoms with Gasteiger partial charge >= 0.3 is 0 Å². The van der Waals surface area contributed by atoms with Gasteiger partial charge in [-0.25, -0.2) is 17.8 Å². The molecule has 2 aromatic carbocycles. The molecule has 202 valence electrons. The van der Waals surface area contributed by atoms with E-state index in [0.717, 1.165) is 25.7 Å². The van der Waals surface area contributed by atoms with E-state index in [2.05, 4.69) is 15.0 Å². The van der Waals surface area contributed by atoms with Crippen LogP contribution in [0.25, 0.3) is 16.8 Å². The second-order valence-electron chi connectivity index (χ2n) is 9.35. The van der Waals surface area contributed by atoms with Crippen molar-refractivity contribution in [2.45, 2.75) is 43.2 Å². The van der Waals surface area contributed by atoms with Gasteiger partial charge in [0.1, 0.15) is 22.9 Å². The first kappa shape index (κ1) is 26.3. The van der Waals surface area contributed by atoms with E-state index in [1.807, 2.05) is 0 Å². The monoisotopic (exact) mass is 550 g/mol. The summed E-state index contributed by atoms with van der Waals surface area (Å²) in [5.41, 5.74) is 2.10. The lowest BCUT2D eigenvalue weighted by Crippen LogP contribution is -2.33. The average molecular weight is 551 g/mol. The van der Waals surface area contributed by atoms with E-state index in [9.17, 15) is 23.3 Å². The van der Waals surface area contributed by atoms with Crippen LogP contribution in [-0.2, 0) is 23.7 Å². The average Bonchev–Trinajstić information content (AvgIpc) is 3.61. The Morgan fingerprint density at radius 3 is 2.46 bits per heavy atom. The SMILES string of the molecule is Cn1cc(-c2ccc(OCc3cn(-c4ccc([N+](=O)[O-])cc4)nn3)c(S(=O)(=O)NC3CCCC3)c2)ccc1=O. The normalized spacial score (nSPS) is 14.0. The number of ether oxygens (including phenoxy) is 1. The number of nitrogens with one attached hydrogen (secondary N) is 1. The zero-order valence-electron chi connectivity index (χ0n) is 21.1. The number of nitro benzene ring substituents is 1. The molecule has 12 nitrogen and oxygen atoms in total. The van der Waals surface area contributed by atoms with E-state index < -0.39 is 14.9 Å². The highest BCUT2D eigenvalue weighted by Gasteiger charge is 2.26. The zero-order valence-corrected chi connectivity index (χ0v) is 21.9. The van der Waals surface area contributed by atoms with Gasteiger partial charge in [-0.2, -0.15) is 0 Å². The van der Waals surface area contributed by atoms with Crippen LogP contribution in [0, 0.1) is 10.1 Å². The maximum atomic E-state index is 13.5. The molecule has 2 heterocycles. The molecule has 4 aromatic rings. The molecule has 5 rings (SSSR count). The first-order valence-corrected chi connectivity index (χ1v) is 13.8. The standard InChI is InChI=1S/C26H26N6O6S/c1-30-15-19(7-13-26(30)33)18-6-12-24(25(14-18)39(36,37)28-20-4-2-3-5-20)38-17-21-16-31(29-27-21)22-8-10-23(11-9-22)32(34)35/h6-16,20,28H,2-5,17H2,1H3. The molecule has 0 radical (unpaired) electrons. The minimum atomic E-state index is -3.92. The van der Waals surface area contributed by atoms with Gasteiger partial charge in [-0.15, -0.1) is 5.10 Å². The number of benzene rings is 2. The Morgan fingerprint density at radius 2 is 1.77 bits per heavy atom. The first-order chi connectivity index (χ1) is 18.7. The Morgan fingerprint density at radius 1 is 1.05 bits per heavy atom. The Kier molecular flexibility index (Phi) is 7.26. The molecule has 0 atom stereocenters. The van der Waals surface area contributed by atoms with E-state index >= 15 is 0 Å². The fraction of sp³-hybridized carbons (Fsp3) is 0.269. The lowest BCUT2D eigenvalue weighted by Gasteiger charge is -2.17. The van der Waals surface area contributed by atoms with Crippen LogP contribution >= 0.6 is 0 Å². The summed E-state index contributed by atoms with van der Waals surface area (Å²) in [7, 11) is -2.28. The largest absolute Gasteiger partial charge is 0.486 e. The van der Waals surface area contributed by atoms with Gasteiger partial charge in [-0.05, 0) is 54.3 Å². The number of aryl methyl sites for hydroxylation is 1. The predicted molar refractivity (Wildman–Crippen MR) is 142 cm³/mol. The van der Waals surface area contributed by atoms with Crippen LogP contribution in [0.15, 0.2) is 76.7 Å². The van der Waals surface area contributed by atoms with Crippen molar-refractivity contribution in [1.82, 2.24) is 24.3 Å². The Bertz CT molecular complexity index is 1670. The first-order valence-electron chi connectivity index (χ1n) is 12.3. The maximum absolute atomic E-state index is 13.5. The smallest absolute Gasteiger partial charge is 0.269 e. The number of sulfonamides is 1. The maximum Gasteiger partial charge on any atom is 0.269 e. The number of hydrogen-bond donors (Lipinski definition) is 1. The van der Waals surface area contributed by atoms with Crippen LogP contribution in [0.2, 0.25) is 0 Å². The molecule has 1 N–H and O–H groups in total.